The summed E-state index contributed by atoms with van der Waals surface area (Å²) < 4.78 is 32.2. The number of guanidine groups is 1. The monoisotopic (exact) mass is 366 g/mol. The molecule has 138 valence electrons. The van der Waals surface area contributed by atoms with Crippen LogP contribution in [0.4, 0.5) is 0 Å². The summed E-state index contributed by atoms with van der Waals surface area (Å²) in [4.78, 5) is 4.16. The van der Waals surface area contributed by atoms with E-state index in [1.165, 1.54) is 6.42 Å². The number of nitrogens with zero attached hydrogens (tertiary/aromatic N) is 1. The van der Waals surface area contributed by atoms with E-state index in [4.69, 9.17) is 10.5 Å². The van der Waals surface area contributed by atoms with Crippen molar-refractivity contribution in [3.63, 3.8) is 0 Å². The van der Waals surface area contributed by atoms with Crippen molar-refractivity contribution in [2.75, 3.05) is 25.4 Å². The van der Waals surface area contributed by atoms with Gasteiger partial charge in [-0.25, -0.2) is 13.1 Å². The number of aliphatic imine (C=N–C) groups is 1. The van der Waals surface area contributed by atoms with E-state index in [2.05, 4.69) is 15.0 Å². The Morgan fingerprint density at radius 1 is 1.28 bits per heavy atom. The lowest BCUT2D eigenvalue weighted by Gasteiger charge is -2.27. The molecule has 0 amide bonds. The van der Waals surface area contributed by atoms with Crippen LogP contribution in [0.2, 0.25) is 0 Å². The Morgan fingerprint density at radius 3 is 2.84 bits per heavy atom. The first-order valence-electron chi connectivity index (χ1n) is 8.79. The van der Waals surface area contributed by atoms with E-state index in [1.807, 2.05) is 24.3 Å². The Kier molecular flexibility index (Phi) is 5.80. The van der Waals surface area contributed by atoms with Gasteiger partial charge in [0.15, 0.2) is 5.96 Å². The molecule has 1 aliphatic heterocycles. The first-order chi connectivity index (χ1) is 12.0. The molecule has 1 unspecified atom stereocenters. The predicted molar refractivity (Wildman–Crippen MR) is 98.1 cm³/mol. The summed E-state index contributed by atoms with van der Waals surface area (Å²) in [7, 11) is -3.29. The molecule has 1 aromatic rings. The number of rotatable bonds is 7. The zero-order valence-electron chi connectivity index (χ0n) is 14.3. The largest absolute Gasteiger partial charge is 0.493 e. The normalized spacial score (nSPS) is 21.1. The number of nitrogens with two attached hydrogens (primary N) is 1. The van der Waals surface area contributed by atoms with Crippen LogP contribution in [0.3, 0.4) is 0 Å². The molecular formula is C17H26N4O3S. The van der Waals surface area contributed by atoms with Crippen LogP contribution in [-0.4, -0.2) is 39.8 Å². The van der Waals surface area contributed by atoms with Crippen LogP contribution in [0.1, 0.15) is 37.3 Å². The minimum absolute atomic E-state index is 0.0297. The number of ether oxygens (including phenoxy) is 1. The van der Waals surface area contributed by atoms with Gasteiger partial charge in [0.05, 0.1) is 24.9 Å². The highest BCUT2D eigenvalue weighted by Gasteiger charge is 2.22. The van der Waals surface area contributed by atoms with Crippen molar-refractivity contribution in [2.24, 2.45) is 16.6 Å². The molecular weight excluding hydrogens is 340 g/mol. The van der Waals surface area contributed by atoms with Gasteiger partial charge in [0, 0.05) is 18.5 Å². The standard InChI is InChI=1S/C17H26N4O3S/c18-17(19-9-11-25(22,23)20-12-13-4-3-5-13)21-15-8-10-24-16-7-2-1-6-14(15)16/h1-2,6-7,13,15,20H,3-5,8-12H2,(H3,18,19,21). The second kappa shape index (κ2) is 8.05. The van der Waals surface area contributed by atoms with E-state index >= 15 is 0 Å². The lowest BCUT2D eigenvalue weighted by Crippen LogP contribution is -2.38. The molecule has 25 heavy (non-hydrogen) atoms. The van der Waals surface area contributed by atoms with E-state index in [9.17, 15) is 8.42 Å². The van der Waals surface area contributed by atoms with Crippen molar-refractivity contribution in [3.05, 3.63) is 29.8 Å². The van der Waals surface area contributed by atoms with Gasteiger partial charge in [-0.05, 0) is 24.8 Å². The van der Waals surface area contributed by atoms with Gasteiger partial charge in [0.25, 0.3) is 0 Å². The lowest BCUT2D eigenvalue weighted by molar-refractivity contribution is 0.262. The van der Waals surface area contributed by atoms with Gasteiger partial charge in [0.1, 0.15) is 5.75 Å². The second-order valence-electron chi connectivity index (χ2n) is 6.60. The molecule has 7 nitrogen and oxygen atoms in total. The van der Waals surface area contributed by atoms with Crippen molar-refractivity contribution in [2.45, 2.75) is 31.7 Å². The molecule has 1 aromatic carbocycles. The summed E-state index contributed by atoms with van der Waals surface area (Å²) in [6.07, 6.45) is 4.22. The van der Waals surface area contributed by atoms with E-state index < -0.39 is 10.0 Å². The molecule has 1 saturated carbocycles. The molecule has 1 atom stereocenters. The number of hydrogen-bond donors (Lipinski definition) is 3. The van der Waals surface area contributed by atoms with Crippen molar-refractivity contribution in [1.82, 2.24) is 10.0 Å². The SMILES string of the molecule is NC(=NCCS(=O)(=O)NCC1CCC1)NC1CCOc2ccccc21. The average molecular weight is 366 g/mol. The topological polar surface area (TPSA) is 106 Å². The van der Waals surface area contributed by atoms with Crippen LogP contribution in [0, 0.1) is 5.92 Å². The van der Waals surface area contributed by atoms with Crippen LogP contribution in [0.25, 0.3) is 0 Å². The number of fused-ring (bicyclic) bond motifs is 1. The molecule has 0 saturated heterocycles. The van der Waals surface area contributed by atoms with Gasteiger partial charge < -0.3 is 15.8 Å². The van der Waals surface area contributed by atoms with Gasteiger partial charge in [-0.2, -0.15) is 0 Å². The van der Waals surface area contributed by atoms with Crippen LogP contribution < -0.4 is 20.5 Å². The highest BCUT2D eigenvalue weighted by atomic mass is 32.2. The summed E-state index contributed by atoms with van der Waals surface area (Å²) >= 11 is 0. The van der Waals surface area contributed by atoms with E-state index in [-0.39, 0.29) is 24.3 Å². The zero-order valence-corrected chi connectivity index (χ0v) is 15.1. The quantitative estimate of drug-likeness (QED) is 0.496. The molecule has 1 fully saturated rings. The fraction of sp³-hybridized carbons (Fsp3) is 0.588. The molecule has 0 bridgehead atoms. The maximum atomic E-state index is 12.0. The van der Waals surface area contributed by atoms with Gasteiger partial charge in [-0.1, -0.05) is 24.6 Å². The van der Waals surface area contributed by atoms with E-state index in [0.717, 1.165) is 30.6 Å². The second-order valence-corrected chi connectivity index (χ2v) is 8.53. The van der Waals surface area contributed by atoms with Crippen molar-refractivity contribution >= 4 is 16.0 Å². The Morgan fingerprint density at radius 2 is 2.08 bits per heavy atom. The maximum absolute atomic E-state index is 12.0. The summed E-state index contributed by atoms with van der Waals surface area (Å²) in [6, 6.07) is 7.84. The molecule has 1 aliphatic carbocycles. The zero-order chi connectivity index (χ0) is 17.7. The Hall–Kier alpha value is -1.80. The minimum Gasteiger partial charge on any atom is -0.493 e. The number of nitrogens with one attached hydrogen (secondary N) is 2. The molecule has 1 heterocycles. The molecule has 3 rings (SSSR count). The number of sulfonamides is 1. The highest BCUT2D eigenvalue weighted by Crippen LogP contribution is 2.31. The third-order valence-electron chi connectivity index (χ3n) is 4.74. The first kappa shape index (κ1) is 18.0. The van der Waals surface area contributed by atoms with Gasteiger partial charge in [0.2, 0.25) is 10.0 Å². The van der Waals surface area contributed by atoms with Crippen LogP contribution in [0.15, 0.2) is 29.3 Å². The Bertz CT molecular complexity index is 716. The minimum atomic E-state index is -3.29. The van der Waals surface area contributed by atoms with Crippen molar-refractivity contribution < 1.29 is 13.2 Å². The fourth-order valence-electron chi connectivity index (χ4n) is 3.02. The third-order valence-corrected chi connectivity index (χ3v) is 6.07. The first-order valence-corrected chi connectivity index (χ1v) is 10.4. The van der Waals surface area contributed by atoms with E-state index in [0.29, 0.717) is 19.1 Å². The van der Waals surface area contributed by atoms with Gasteiger partial charge >= 0.3 is 0 Å². The summed E-state index contributed by atoms with van der Waals surface area (Å²) in [5.41, 5.74) is 6.97. The number of benzene rings is 1. The Labute approximate surface area is 149 Å². The molecule has 0 spiro atoms. The molecule has 0 aromatic heterocycles. The lowest BCUT2D eigenvalue weighted by atomic mass is 9.86. The van der Waals surface area contributed by atoms with Crippen molar-refractivity contribution in [3.8, 4) is 5.75 Å². The number of hydrogen-bond acceptors (Lipinski definition) is 4. The third kappa shape index (κ3) is 5.09. The van der Waals surface area contributed by atoms with Gasteiger partial charge in [-0.3, -0.25) is 4.99 Å². The van der Waals surface area contributed by atoms with Crippen LogP contribution in [0.5, 0.6) is 5.75 Å². The van der Waals surface area contributed by atoms with Gasteiger partial charge in [-0.15, -0.1) is 0 Å². The molecule has 2 aliphatic rings. The average Bonchev–Trinajstić information content (AvgIpc) is 2.53. The van der Waals surface area contributed by atoms with E-state index in [1.54, 1.807) is 0 Å². The summed E-state index contributed by atoms with van der Waals surface area (Å²) in [5, 5.41) is 3.16. The molecule has 8 heteroatoms. The smallest absolute Gasteiger partial charge is 0.213 e. The van der Waals surface area contributed by atoms with Crippen LogP contribution in [-0.2, 0) is 10.0 Å². The maximum Gasteiger partial charge on any atom is 0.213 e. The fourth-order valence-corrected chi connectivity index (χ4v) is 3.98. The number of para-hydroxylation sites is 1. The molecule has 4 N–H and O–H groups in total. The summed E-state index contributed by atoms with van der Waals surface area (Å²) in [5.74, 6) is 1.56. The van der Waals surface area contributed by atoms with Crippen molar-refractivity contribution in [1.29, 1.82) is 0 Å². The molecule has 0 radical (unpaired) electrons. The Balaban J connectivity index is 1.47. The van der Waals surface area contributed by atoms with Crippen LogP contribution >= 0.6 is 0 Å². The highest BCUT2D eigenvalue weighted by molar-refractivity contribution is 7.89. The predicted octanol–water partition coefficient (Wildman–Crippen LogP) is 1.13. The summed E-state index contributed by atoms with van der Waals surface area (Å²) in [6.45, 7) is 1.30.